The van der Waals surface area contributed by atoms with Crippen LogP contribution in [0.1, 0.15) is 38.5 Å². The lowest BCUT2D eigenvalue weighted by Crippen LogP contribution is -2.34. The van der Waals surface area contributed by atoms with E-state index in [1.54, 1.807) is 0 Å². The van der Waals surface area contributed by atoms with Crippen molar-refractivity contribution in [3.63, 3.8) is 0 Å². The molecule has 0 bridgehead atoms. The number of hydrogen-bond acceptors (Lipinski definition) is 6. The van der Waals surface area contributed by atoms with Crippen molar-refractivity contribution < 1.29 is 22.7 Å². The first kappa shape index (κ1) is 17.7. The maximum absolute atomic E-state index is 13.3. The Morgan fingerprint density at radius 2 is 1.96 bits per heavy atom. The molecule has 7 nitrogen and oxygen atoms in total. The molecule has 27 heavy (non-hydrogen) atoms. The number of rotatable bonds is 5. The van der Waals surface area contributed by atoms with Gasteiger partial charge >= 0.3 is 0 Å². The number of anilines is 1. The molecule has 10 heteroatoms. The van der Waals surface area contributed by atoms with E-state index in [2.05, 4.69) is 20.4 Å². The van der Waals surface area contributed by atoms with Gasteiger partial charge in [0.25, 0.3) is 0 Å². The van der Waals surface area contributed by atoms with Crippen LogP contribution in [0, 0.1) is 5.95 Å². The van der Waals surface area contributed by atoms with Crippen LogP contribution in [-0.4, -0.2) is 43.6 Å². The quantitative estimate of drug-likeness (QED) is 0.858. The second-order valence-corrected chi connectivity index (χ2v) is 6.93. The van der Waals surface area contributed by atoms with E-state index in [-0.39, 0.29) is 48.4 Å². The van der Waals surface area contributed by atoms with Gasteiger partial charge in [-0.25, -0.2) is 13.5 Å². The summed E-state index contributed by atoms with van der Waals surface area (Å²) >= 11 is 0. The third kappa shape index (κ3) is 4.20. The molecule has 0 unspecified atom stereocenters. The Balaban J connectivity index is 1.54. The second-order valence-electron chi connectivity index (χ2n) is 6.93. The maximum Gasteiger partial charge on any atom is 0.248 e. The molecule has 144 valence electrons. The zero-order valence-electron chi connectivity index (χ0n) is 14.4. The van der Waals surface area contributed by atoms with Gasteiger partial charge in [0.15, 0.2) is 5.82 Å². The Kier molecular flexibility index (Phi) is 4.48. The van der Waals surface area contributed by atoms with E-state index >= 15 is 0 Å². The van der Waals surface area contributed by atoms with Gasteiger partial charge in [-0.3, -0.25) is 4.79 Å². The van der Waals surface area contributed by atoms with Crippen molar-refractivity contribution in [2.75, 3.05) is 5.32 Å². The minimum Gasteiger partial charge on any atom is -0.473 e. The minimum absolute atomic E-state index is 0.116. The molecule has 0 aliphatic heterocycles. The van der Waals surface area contributed by atoms with Crippen LogP contribution < -0.4 is 10.1 Å². The normalized spacial score (nSPS) is 20.3. The summed E-state index contributed by atoms with van der Waals surface area (Å²) in [5.74, 6) is -2.48. The number of hydrogen-bond donors (Lipinski definition) is 1. The Hall–Kier alpha value is -2.65. The van der Waals surface area contributed by atoms with E-state index in [1.807, 2.05) is 0 Å². The summed E-state index contributed by atoms with van der Waals surface area (Å²) < 4.78 is 46.8. The lowest BCUT2D eigenvalue weighted by molar-refractivity contribution is -0.129. The summed E-state index contributed by atoms with van der Waals surface area (Å²) in [5.41, 5.74) is 0. The Morgan fingerprint density at radius 3 is 2.59 bits per heavy atom. The first-order valence-corrected chi connectivity index (χ1v) is 8.80. The van der Waals surface area contributed by atoms with Gasteiger partial charge in [-0.15, -0.1) is 5.10 Å². The van der Waals surface area contributed by atoms with Crippen LogP contribution in [0.15, 0.2) is 18.3 Å². The molecule has 0 radical (unpaired) electrons. The number of halogens is 3. The molecule has 2 aromatic rings. The van der Waals surface area contributed by atoms with Crippen LogP contribution in [-0.2, 0) is 4.79 Å². The topological polar surface area (TPSA) is 81.9 Å². The van der Waals surface area contributed by atoms with Crippen LogP contribution in [0.4, 0.5) is 19.1 Å². The van der Waals surface area contributed by atoms with E-state index in [0.717, 1.165) is 0 Å². The fraction of sp³-hybridized carbons (Fsp3) is 0.529. The van der Waals surface area contributed by atoms with E-state index in [4.69, 9.17) is 4.74 Å². The summed E-state index contributed by atoms with van der Waals surface area (Å²) in [6, 6.07) is 2.49. The largest absolute Gasteiger partial charge is 0.473 e. The van der Waals surface area contributed by atoms with Gasteiger partial charge in [0, 0.05) is 50.1 Å². The van der Waals surface area contributed by atoms with Gasteiger partial charge in [-0.05, 0) is 12.8 Å². The summed E-state index contributed by atoms with van der Waals surface area (Å²) in [5, 5.41) is 6.73. The monoisotopic (exact) mass is 381 g/mol. The molecule has 2 fully saturated rings. The zero-order valence-corrected chi connectivity index (χ0v) is 14.4. The molecule has 0 spiro atoms. The number of carbonyl (C=O) groups excluding carboxylic acids is 1. The highest BCUT2D eigenvalue weighted by Gasteiger charge is 2.35. The molecule has 2 aliphatic rings. The third-order valence-corrected chi connectivity index (χ3v) is 4.73. The lowest BCUT2D eigenvalue weighted by Gasteiger charge is -2.29. The number of aromatic nitrogens is 4. The highest BCUT2D eigenvalue weighted by Crippen LogP contribution is 2.34. The summed E-state index contributed by atoms with van der Waals surface area (Å²) in [4.78, 5) is 19.7. The first-order valence-electron chi connectivity index (χ1n) is 8.80. The lowest BCUT2D eigenvalue weighted by atomic mass is 9.92. The number of ketones is 1. The van der Waals surface area contributed by atoms with Crippen molar-refractivity contribution in [1.82, 2.24) is 19.7 Å². The molecular weight excluding hydrogens is 363 g/mol. The van der Waals surface area contributed by atoms with Crippen molar-refractivity contribution in [3.05, 3.63) is 24.3 Å². The van der Waals surface area contributed by atoms with Crippen LogP contribution in [0.25, 0.3) is 5.82 Å². The molecule has 2 aromatic heterocycles. The highest BCUT2D eigenvalue weighted by atomic mass is 19.3. The van der Waals surface area contributed by atoms with Crippen LogP contribution in [0.5, 0.6) is 5.88 Å². The van der Waals surface area contributed by atoms with E-state index in [9.17, 15) is 18.0 Å². The van der Waals surface area contributed by atoms with Crippen LogP contribution in [0.3, 0.4) is 0 Å². The minimum atomic E-state index is -2.63. The number of nitrogens with zero attached hydrogens (tertiary/aromatic N) is 4. The fourth-order valence-corrected chi connectivity index (χ4v) is 3.15. The third-order valence-electron chi connectivity index (χ3n) is 4.73. The number of ether oxygens (including phenoxy) is 1. The predicted octanol–water partition coefficient (Wildman–Crippen LogP) is 2.90. The average molecular weight is 381 g/mol. The molecule has 2 saturated carbocycles. The molecule has 1 N–H and O–H groups in total. The Labute approximate surface area is 152 Å². The fourth-order valence-electron chi connectivity index (χ4n) is 3.15. The van der Waals surface area contributed by atoms with E-state index in [1.165, 1.54) is 23.0 Å². The van der Waals surface area contributed by atoms with Gasteiger partial charge in [0.2, 0.25) is 23.7 Å². The van der Waals surface area contributed by atoms with Crippen molar-refractivity contribution in [1.29, 1.82) is 0 Å². The number of carbonyl (C=O) groups is 1. The van der Waals surface area contributed by atoms with E-state index < -0.39 is 11.9 Å². The molecule has 2 heterocycles. The standard InChI is InChI=1S/C17H18F3N5O2/c18-13-3-6-25(24-13)14-9-15(27-12-7-11(26)8-12)23-16(22-14)21-10-1-4-17(19,20)5-2-10/h3,6,9-10,12H,1-2,4-5,7-8H2,(H,21,22,23). The molecule has 0 amide bonds. The van der Waals surface area contributed by atoms with Gasteiger partial charge in [0.1, 0.15) is 11.9 Å². The molecule has 0 saturated heterocycles. The van der Waals surface area contributed by atoms with Gasteiger partial charge in [-0.2, -0.15) is 14.4 Å². The summed E-state index contributed by atoms with van der Waals surface area (Å²) in [6.07, 6.45) is 1.99. The van der Waals surface area contributed by atoms with Crippen LogP contribution >= 0.6 is 0 Å². The SMILES string of the molecule is O=C1CC(Oc2cc(-n3ccc(F)n3)nc(NC3CCC(F)(F)CC3)n2)C1. The van der Waals surface area contributed by atoms with Crippen molar-refractivity contribution in [2.24, 2.45) is 0 Å². The van der Waals surface area contributed by atoms with Gasteiger partial charge in [-0.1, -0.05) is 0 Å². The highest BCUT2D eigenvalue weighted by molar-refractivity contribution is 5.85. The van der Waals surface area contributed by atoms with Crippen molar-refractivity contribution >= 4 is 11.7 Å². The molecule has 4 rings (SSSR count). The second kappa shape index (κ2) is 6.82. The van der Waals surface area contributed by atoms with Gasteiger partial charge < -0.3 is 10.1 Å². The Morgan fingerprint density at radius 1 is 1.22 bits per heavy atom. The predicted molar refractivity (Wildman–Crippen MR) is 88.6 cm³/mol. The number of nitrogens with one attached hydrogen (secondary N) is 1. The number of Topliss-reactive ketones (excluding diaryl/α,β-unsaturated/α-hetero) is 1. The Bertz CT molecular complexity index is 839. The van der Waals surface area contributed by atoms with Crippen molar-refractivity contribution in [2.45, 2.75) is 56.6 Å². The summed E-state index contributed by atoms with van der Waals surface area (Å²) in [6.45, 7) is 0. The van der Waals surface area contributed by atoms with Crippen LogP contribution in [0.2, 0.25) is 0 Å². The molecular formula is C17H18F3N5O2. The smallest absolute Gasteiger partial charge is 0.248 e. The van der Waals surface area contributed by atoms with E-state index in [0.29, 0.717) is 25.7 Å². The summed E-state index contributed by atoms with van der Waals surface area (Å²) in [7, 11) is 0. The molecule has 0 aromatic carbocycles. The molecule has 2 aliphatic carbocycles. The van der Waals surface area contributed by atoms with Crippen molar-refractivity contribution in [3.8, 4) is 11.7 Å². The molecule has 0 atom stereocenters. The number of alkyl halides is 2. The average Bonchev–Trinajstić information content (AvgIpc) is 3.02. The zero-order chi connectivity index (χ0) is 19.0. The first-order chi connectivity index (χ1) is 12.9. The maximum atomic E-state index is 13.3. The van der Waals surface area contributed by atoms with Gasteiger partial charge in [0.05, 0.1) is 0 Å².